The number of aromatic amines is 1. The molecule has 2 rings (SSSR count). The summed E-state index contributed by atoms with van der Waals surface area (Å²) < 4.78 is 0.716. The standard InChI is InChI=1S/C16H19IN2O/c1-4-5-13-15(17)16(20)19-14(18-13)9-12-7-6-10(2)11(3)8-12/h6-8H,4-5,9H2,1-3H3,(H,18,19,20). The third-order valence-corrected chi connectivity index (χ3v) is 4.52. The second-order valence-corrected chi connectivity index (χ2v) is 6.20. The van der Waals surface area contributed by atoms with Crippen LogP contribution >= 0.6 is 22.6 Å². The van der Waals surface area contributed by atoms with Gasteiger partial charge in [-0.25, -0.2) is 4.98 Å². The van der Waals surface area contributed by atoms with E-state index >= 15 is 0 Å². The predicted octanol–water partition coefficient (Wildman–Crippen LogP) is 3.53. The smallest absolute Gasteiger partial charge is 0.264 e. The molecule has 1 heterocycles. The van der Waals surface area contributed by atoms with Crippen LogP contribution in [0.3, 0.4) is 0 Å². The van der Waals surface area contributed by atoms with E-state index in [9.17, 15) is 4.79 Å². The Morgan fingerprint density at radius 2 is 2.00 bits per heavy atom. The minimum absolute atomic E-state index is 0.0251. The van der Waals surface area contributed by atoms with Gasteiger partial charge >= 0.3 is 0 Å². The van der Waals surface area contributed by atoms with E-state index < -0.39 is 0 Å². The molecular weight excluding hydrogens is 363 g/mol. The van der Waals surface area contributed by atoms with Crippen molar-refractivity contribution >= 4 is 22.6 Å². The Balaban J connectivity index is 2.33. The number of nitrogens with zero attached hydrogens (tertiary/aromatic N) is 1. The van der Waals surface area contributed by atoms with Crippen LogP contribution in [0, 0.1) is 17.4 Å². The number of aromatic nitrogens is 2. The molecule has 20 heavy (non-hydrogen) atoms. The summed E-state index contributed by atoms with van der Waals surface area (Å²) in [5.74, 6) is 0.752. The Bertz CT molecular complexity index is 677. The van der Waals surface area contributed by atoms with E-state index in [4.69, 9.17) is 0 Å². The third kappa shape index (κ3) is 3.48. The van der Waals surface area contributed by atoms with Crippen molar-refractivity contribution in [2.45, 2.75) is 40.0 Å². The minimum atomic E-state index is -0.0251. The summed E-state index contributed by atoms with van der Waals surface area (Å²) in [5.41, 5.74) is 4.62. The Morgan fingerprint density at radius 3 is 2.65 bits per heavy atom. The maximum Gasteiger partial charge on any atom is 0.264 e. The maximum absolute atomic E-state index is 11.9. The first-order valence-electron chi connectivity index (χ1n) is 6.85. The SMILES string of the molecule is CCCc1nc(Cc2ccc(C)c(C)c2)[nH]c(=O)c1I. The normalized spacial score (nSPS) is 10.8. The number of rotatable bonds is 4. The van der Waals surface area contributed by atoms with Gasteiger partial charge in [0.25, 0.3) is 5.56 Å². The van der Waals surface area contributed by atoms with Crippen LogP contribution in [-0.4, -0.2) is 9.97 Å². The first kappa shape index (κ1) is 15.2. The van der Waals surface area contributed by atoms with Gasteiger partial charge in [-0.05, 0) is 59.5 Å². The summed E-state index contributed by atoms with van der Waals surface area (Å²) >= 11 is 2.08. The maximum atomic E-state index is 11.9. The van der Waals surface area contributed by atoms with E-state index in [1.54, 1.807) is 0 Å². The van der Waals surface area contributed by atoms with Gasteiger partial charge in [-0.1, -0.05) is 31.5 Å². The quantitative estimate of drug-likeness (QED) is 0.823. The van der Waals surface area contributed by atoms with Crippen LogP contribution in [0.2, 0.25) is 0 Å². The molecule has 0 aliphatic carbocycles. The molecular formula is C16H19IN2O. The first-order valence-corrected chi connectivity index (χ1v) is 7.92. The zero-order valence-corrected chi connectivity index (χ0v) is 14.2. The summed E-state index contributed by atoms with van der Waals surface area (Å²) in [6.07, 6.45) is 2.52. The van der Waals surface area contributed by atoms with Gasteiger partial charge in [-0.15, -0.1) is 0 Å². The Hall–Kier alpha value is -1.17. The summed E-state index contributed by atoms with van der Waals surface area (Å²) in [6.45, 7) is 6.30. The van der Waals surface area contributed by atoms with Crippen LogP contribution in [-0.2, 0) is 12.8 Å². The van der Waals surface area contributed by atoms with Gasteiger partial charge in [0.15, 0.2) is 0 Å². The molecule has 0 fully saturated rings. The molecule has 0 saturated heterocycles. The van der Waals surface area contributed by atoms with Gasteiger partial charge in [0.1, 0.15) is 5.82 Å². The lowest BCUT2D eigenvalue weighted by Gasteiger charge is -2.08. The second kappa shape index (κ2) is 6.52. The Kier molecular flexibility index (Phi) is 4.96. The molecule has 1 aromatic carbocycles. The monoisotopic (exact) mass is 382 g/mol. The number of H-pyrrole nitrogens is 1. The van der Waals surface area contributed by atoms with E-state index in [2.05, 4.69) is 71.5 Å². The van der Waals surface area contributed by atoms with Gasteiger partial charge < -0.3 is 4.98 Å². The van der Waals surface area contributed by atoms with Crippen molar-refractivity contribution in [3.63, 3.8) is 0 Å². The molecule has 0 unspecified atom stereocenters. The van der Waals surface area contributed by atoms with Crippen molar-refractivity contribution in [1.29, 1.82) is 0 Å². The van der Waals surface area contributed by atoms with Crippen LogP contribution in [0.5, 0.6) is 0 Å². The number of halogens is 1. The fourth-order valence-electron chi connectivity index (χ4n) is 2.15. The van der Waals surface area contributed by atoms with Crippen molar-refractivity contribution in [2.24, 2.45) is 0 Å². The third-order valence-electron chi connectivity index (χ3n) is 3.41. The van der Waals surface area contributed by atoms with Crippen LogP contribution in [0.4, 0.5) is 0 Å². The predicted molar refractivity (Wildman–Crippen MR) is 90.3 cm³/mol. The number of benzene rings is 1. The molecule has 1 N–H and O–H groups in total. The van der Waals surface area contributed by atoms with E-state index in [0.29, 0.717) is 9.99 Å². The lowest BCUT2D eigenvalue weighted by molar-refractivity contribution is 0.821. The minimum Gasteiger partial charge on any atom is -0.309 e. The Morgan fingerprint density at radius 1 is 1.25 bits per heavy atom. The van der Waals surface area contributed by atoms with Crippen LogP contribution in [0.25, 0.3) is 0 Å². The van der Waals surface area contributed by atoms with Gasteiger partial charge in [-0.3, -0.25) is 4.79 Å². The van der Waals surface area contributed by atoms with Crippen molar-refractivity contribution < 1.29 is 0 Å². The van der Waals surface area contributed by atoms with Gasteiger partial charge in [0.2, 0.25) is 0 Å². The molecule has 1 aromatic heterocycles. The average Bonchev–Trinajstić information content (AvgIpc) is 2.40. The summed E-state index contributed by atoms with van der Waals surface area (Å²) in [7, 11) is 0. The fourth-order valence-corrected chi connectivity index (χ4v) is 2.68. The van der Waals surface area contributed by atoms with Gasteiger partial charge in [0, 0.05) is 6.42 Å². The number of hydrogen-bond acceptors (Lipinski definition) is 2. The summed E-state index contributed by atoms with van der Waals surface area (Å²) in [5, 5.41) is 0. The second-order valence-electron chi connectivity index (χ2n) is 5.12. The molecule has 4 heteroatoms. The van der Waals surface area contributed by atoms with Crippen molar-refractivity contribution in [2.75, 3.05) is 0 Å². The molecule has 0 aliphatic heterocycles. The van der Waals surface area contributed by atoms with Gasteiger partial charge in [-0.2, -0.15) is 0 Å². The highest BCUT2D eigenvalue weighted by molar-refractivity contribution is 14.1. The summed E-state index contributed by atoms with van der Waals surface area (Å²) in [4.78, 5) is 19.4. The van der Waals surface area contributed by atoms with E-state index in [1.807, 2.05) is 0 Å². The number of nitrogens with one attached hydrogen (secondary N) is 1. The zero-order chi connectivity index (χ0) is 14.7. The first-order chi connectivity index (χ1) is 9.51. The fraction of sp³-hybridized carbons (Fsp3) is 0.375. The van der Waals surface area contributed by atoms with Crippen molar-refractivity contribution in [3.8, 4) is 0 Å². The molecule has 0 bridgehead atoms. The van der Waals surface area contributed by atoms with E-state index in [1.165, 1.54) is 16.7 Å². The topological polar surface area (TPSA) is 45.8 Å². The van der Waals surface area contributed by atoms with Crippen LogP contribution < -0.4 is 5.56 Å². The molecule has 106 valence electrons. The lowest BCUT2D eigenvalue weighted by atomic mass is 10.0. The highest BCUT2D eigenvalue weighted by atomic mass is 127. The molecule has 0 amide bonds. The molecule has 0 saturated carbocycles. The van der Waals surface area contributed by atoms with Crippen molar-refractivity contribution in [1.82, 2.24) is 9.97 Å². The van der Waals surface area contributed by atoms with Crippen LogP contribution in [0.1, 0.15) is 41.6 Å². The molecule has 0 radical (unpaired) electrons. The molecule has 0 aliphatic rings. The summed E-state index contributed by atoms with van der Waals surface area (Å²) in [6, 6.07) is 6.37. The lowest BCUT2D eigenvalue weighted by Crippen LogP contribution is -2.18. The van der Waals surface area contributed by atoms with Gasteiger partial charge in [0.05, 0.1) is 9.26 Å². The largest absolute Gasteiger partial charge is 0.309 e. The van der Waals surface area contributed by atoms with E-state index in [0.717, 1.165) is 24.4 Å². The molecule has 2 aromatic rings. The molecule has 3 nitrogen and oxygen atoms in total. The number of aryl methyl sites for hydroxylation is 3. The highest BCUT2D eigenvalue weighted by Crippen LogP contribution is 2.13. The molecule has 0 atom stereocenters. The average molecular weight is 382 g/mol. The van der Waals surface area contributed by atoms with E-state index in [-0.39, 0.29) is 5.56 Å². The van der Waals surface area contributed by atoms with Crippen LogP contribution in [0.15, 0.2) is 23.0 Å². The zero-order valence-electron chi connectivity index (χ0n) is 12.1. The number of hydrogen-bond donors (Lipinski definition) is 1. The highest BCUT2D eigenvalue weighted by Gasteiger charge is 2.09. The Labute approximate surface area is 133 Å². The molecule has 0 spiro atoms. The van der Waals surface area contributed by atoms with Crippen molar-refractivity contribution in [3.05, 3.63) is 60.3 Å².